The zero-order valence-corrected chi connectivity index (χ0v) is 8.55. The van der Waals surface area contributed by atoms with Gasteiger partial charge in [-0.15, -0.1) is 0 Å². The van der Waals surface area contributed by atoms with Crippen molar-refractivity contribution in [2.75, 3.05) is 6.61 Å². The van der Waals surface area contributed by atoms with Crippen molar-refractivity contribution in [3.05, 3.63) is 0 Å². The molecule has 0 saturated carbocycles. The Labute approximate surface area is 74.0 Å². The molecule has 3 nitrogen and oxygen atoms in total. The third-order valence-corrected chi connectivity index (χ3v) is 3.02. The van der Waals surface area contributed by atoms with E-state index in [2.05, 4.69) is 0 Å². The minimum atomic E-state index is -1.11. The Balaban J connectivity index is 4.95. The second-order valence-corrected chi connectivity index (χ2v) is 4.61. The van der Waals surface area contributed by atoms with E-state index >= 15 is 0 Å². The summed E-state index contributed by atoms with van der Waals surface area (Å²) in [7, 11) is 0. The summed E-state index contributed by atoms with van der Waals surface area (Å²) in [5.74, 6) is 0. The summed E-state index contributed by atoms with van der Waals surface area (Å²) in [6.45, 7) is 7.75. The molecule has 0 aliphatic heterocycles. The minimum Gasteiger partial charge on any atom is -0.396 e. The Morgan fingerprint density at radius 2 is 1.08 bits per heavy atom. The minimum absolute atomic E-state index is 0.250. The van der Waals surface area contributed by atoms with Crippen molar-refractivity contribution < 1.29 is 15.3 Å². The standard InChI is InChI=1S/C9H20O3/c1-7(2,11)9(5,6-10)8(3,4)12/h10-12H,6H2,1-5H3. The first-order valence-corrected chi connectivity index (χ1v) is 4.12. The van der Waals surface area contributed by atoms with Crippen molar-refractivity contribution in [1.82, 2.24) is 0 Å². The van der Waals surface area contributed by atoms with Gasteiger partial charge in [-0.2, -0.15) is 0 Å². The van der Waals surface area contributed by atoms with Crippen LogP contribution in [0.15, 0.2) is 0 Å². The van der Waals surface area contributed by atoms with Gasteiger partial charge in [-0.05, 0) is 27.7 Å². The molecule has 0 radical (unpaired) electrons. The highest BCUT2D eigenvalue weighted by Gasteiger charge is 2.49. The summed E-state index contributed by atoms with van der Waals surface area (Å²) < 4.78 is 0. The largest absolute Gasteiger partial charge is 0.396 e. The second kappa shape index (κ2) is 2.98. The van der Waals surface area contributed by atoms with E-state index in [1.54, 1.807) is 34.6 Å². The van der Waals surface area contributed by atoms with Crippen LogP contribution >= 0.6 is 0 Å². The van der Waals surface area contributed by atoms with Crippen molar-refractivity contribution in [1.29, 1.82) is 0 Å². The number of hydrogen-bond donors (Lipinski definition) is 3. The first-order chi connectivity index (χ1) is 5.06. The molecule has 0 fully saturated rings. The quantitative estimate of drug-likeness (QED) is 0.587. The zero-order valence-electron chi connectivity index (χ0n) is 8.55. The molecule has 0 rings (SSSR count). The average molecular weight is 176 g/mol. The molecule has 0 heterocycles. The van der Waals surface area contributed by atoms with E-state index in [-0.39, 0.29) is 6.61 Å². The van der Waals surface area contributed by atoms with E-state index in [0.717, 1.165) is 0 Å². The van der Waals surface area contributed by atoms with Crippen molar-refractivity contribution in [3.8, 4) is 0 Å². The molecule has 0 spiro atoms. The molecule has 0 aromatic heterocycles. The van der Waals surface area contributed by atoms with E-state index in [9.17, 15) is 10.2 Å². The van der Waals surface area contributed by atoms with Gasteiger partial charge in [0.2, 0.25) is 0 Å². The summed E-state index contributed by atoms with van der Waals surface area (Å²) in [6, 6.07) is 0. The molecule has 0 aliphatic carbocycles. The lowest BCUT2D eigenvalue weighted by atomic mass is 9.65. The van der Waals surface area contributed by atoms with Crippen LogP contribution in [0.3, 0.4) is 0 Å². The summed E-state index contributed by atoms with van der Waals surface area (Å²) in [4.78, 5) is 0. The predicted octanol–water partition coefficient (Wildman–Crippen LogP) is 0.527. The van der Waals surface area contributed by atoms with Crippen LogP contribution in [-0.2, 0) is 0 Å². The van der Waals surface area contributed by atoms with E-state index in [0.29, 0.717) is 0 Å². The summed E-state index contributed by atoms with van der Waals surface area (Å²) in [5, 5.41) is 28.6. The number of rotatable bonds is 3. The normalized spacial score (nSPS) is 15.0. The topological polar surface area (TPSA) is 60.7 Å². The van der Waals surface area contributed by atoms with E-state index in [1.165, 1.54) is 0 Å². The molecule has 0 unspecified atom stereocenters. The molecule has 74 valence electrons. The first kappa shape index (κ1) is 11.9. The first-order valence-electron chi connectivity index (χ1n) is 4.12. The summed E-state index contributed by atoms with van der Waals surface area (Å²) in [6.07, 6.45) is 0. The lowest BCUT2D eigenvalue weighted by Crippen LogP contribution is -2.57. The van der Waals surface area contributed by atoms with E-state index in [4.69, 9.17) is 5.11 Å². The second-order valence-electron chi connectivity index (χ2n) is 4.61. The van der Waals surface area contributed by atoms with Crippen molar-refractivity contribution in [3.63, 3.8) is 0 Å². The highest BCUT2D eigenvalue weighted by atomic mass is 16.3. The van der Waals surface area contributed by atoms with Gasteiger partial charge in [0.05, 0.1) is 17.8 Å². The zero-order chi connectivity index (χ0) is 10.2. The Morgan fingerprint density at radius 3 is 1.08 bits per heavy atom. The maximum atomic E-state index is 9.75. The highest BCUT2D eigenvalue weighted by molar-refractivity contribution is 4.99. The molecule has 0 aromatic carbocycles. The fraction of sp³-hybridized carbons (Fsp3) is 1.00. The molecular formula is C9H20O3. The monoisotopic (exact) mass is 176 g/mol. The number of hydrogen-bond acceptors (Lipinski definition) is 3. The summed E-state index contributed by atoms with van der Waals surface area (Å²) in [5.41, 5.74) is -3.14. The lowest BCUT2D eigenvalue weighted by Gasteiger charge is -2.47. The molecule has 0 amide bonds. The SMILES string of the molecule is CC(C)(O)C(C)(CO)C(C)(C)O. The van der Waals surface area contributed by atoms with Crippen LogP contribution in [0, 0.1) is 5.41 Å². The van der Waals surface area contributed by atoms with Crippen LogP contribution in [-0.4, -0.2) is 33.1 Å². The van der Waals surface area contributed by atoms with E-state index in [1.807, 2.05) is 0 Å². The van der Waals surface area contributed by atoms with E-state index < -0.39 is 16.6 Å². The Hall–Kier alpha value is -0.120. The van der Waals surface area contributed by atoms with Gasteiger partial charge in [-0.1, -0.05) is 6.92 Å². The molecule has 0 aromatic rings. The molecule has 0 bridgehead atoms. The molecule has 0 atom stereocenters. The van der Waals surface area contributed by atoms with Crippen LogP contribution in [0.5, 0.6) is 0 Å². The maximum absolute atomic E-state index is 9.75. The van der Waals surface area contributed by atoms with Gasteiger partial charge in [-0.25, -0.2) is 0 Å². The average Bonchev–Trinajstić information content (AvgIpc) is 1.81. The molecular weight excluding hydrogens is 156 g/mol. The Kier molecular flexibility index (Phi) is 2.95. The molecule has 0 saturated heterocycles. The Morgan fingerprint density at radius 1 is 0.833 bits per heavy atom. The number of aliphatic hydroxyl groups excluding tert-OH is 1. The fourth-order valence-electron chi connectivity index (χ4n) is 1.14. The van der Waals surface area contributed by atoms with Crippen LogP contribution in [0.2, 0.25) is 0 Å². The van der Waals surface area contributed by atoms with Gasteiger partial charge in [0.15, 0.2) is 0 Å². The van der Waals surface area contributed by atoms with Crippen molar-refractivity contribution in [2.45, 2.75) is 45.8 Å². The molecule has 3 N–H and O–H groups in total. The number of aliphatic hydroxyl groups is 3. The molecule has 0 aliphatic rings. The Bertz CT molecular complexity index is 136. The van der Waals surface area contributed by atoms with Crippen LogP contribution in [0.4, 0.5) is 0 Å². The van der Waals surface area contributed by atoms with Gasteiger partial charge in [-0.3, -0.25) is 0 Å². The highest BCUT2D eigenvalue weighted by Crippen LogP contribution is 2.40. The van der Waals surface area contributed by atoms with Gasteiger partial charge in [0, 0.05) is 5.41 Å². The van der Waals surface area contributed by atoms with Crippen LogP contribution < -0.4 is 0 Å². The lowest BCUT2D eigenvalue weighted by molar-refractivity contribution is -0.175. The van der Waals surface area contributed by atoms with Gasteiger partial charge < -0.3 is 15.3 Å². The van der Waals surface area contributed by atoms with Crippen molar-refractivity contribution in [2.24, 2.45) is 5.41 Å². The third-order valence-electron chi connectivity index (χ3n) is 3.02. The van der Waals surface area contributed by atoms with Gasteiger partial charge >= 0.3 is 0 Å². The predicted molar refractivity (Wildman–Crippen MR) is 47.8 cm³/mol. The van der Waals surface area contributed by atoms with Crippen LogP contribution in [0.25, 0.3) is 0 Å². The van der Waals surface area contributed by atoms with Crippen LogP contribution in [0.1, 0.15) is 34.6 Å². The van der Waals surface area contributed by atoms with Gasteiger partial charge in [0.1, 0.15) is 0 Å². The smallest absolute Gasteiger partial charge is 0.0694 e. The summed E-state index contributed by atoms with van der Waals surface area (Å²) >= 11 is 0. The fourth-order valence-corrected chi connectivity index (χ4v) is 1.14. The van der Waals surface area contributed by atoms with Crippen molar-refractivity contribution >= 4 is 0 Å². The molecule has 3 heteroatoms. The molecule has 12 heavy (non-hydrogen) atoms. The van der Waals surface area contributed by atoms with Gasteiger partial charge in [0.25, 0.3) is 0 Å². The maximum Gasteiger partial charge on any atom is 0.0694 e. The third kappa shape index (κ3) is 1.79.